The van der Waals surface area contributed by atoms with Crippen LogP contribution in [0.25, 0.3) is 0 Å². The van der Waals surface area contributed by atoms with Crippen LogP contribution in [-0.2, 0) is 15.7 Å². The lowest BCUT2D eigenvalue weighted by atomic mass is 10.1. The van der Waals surface area contributed by atoms with Gasteiger partial charge in [-0.3, -0.25) is 10.1 Å². The summed E-state index contributed by atoms with van der Waals surface area (Å²) >= 11 is 0. The summed E-state index contributed by atoms with van der Waals surface area (Å²) in [6.45, 7) is 1.40. The molecule has 0 aromatic heterocycles. The van der Waals surface area contributed by atoms with Gasteiger partial charge in [-0.05, 0) is 24.6 Å². The quantitative estimate of drug-likeness (QED) is 0.554. The van der Waals surface area contributed by atoms with Gasteiger partial charge in [-0.25, -0.2) is 9.59 Å². The smallest absolute Gasteiger partial charge is 0.416 e. The average Bonchev–Trinajstić information content (AvgIpc) is 2.49. The van der Waals surface area contributed by atoms with Gasteiger partial charge in [-0.15, -0.1) is 0 Å². The first-order chi connectivity index (χ1) is 11.1. The van der Waals surface area contributed by atoms with E-state index >= 15 is 0 Å². The summed E-state index contributed by atoms with van der Waals surface area (Å²) in [5.41, 5.74) is 3.64. The molecule has 1 aromatic carbocycles. The van der Waals surface area contributed by atoms with Gasteiger partial charge in [0.05, 0.1) is 11.1 Å². The van der Waals surface area contributed by atoms with Gasteiger partial charge in [0.15, 0.2) is 6.61 Å². The fraction of sp³-hybridized carbons (Fsp3) is 0.357. The number of nitrogens with one attached hydrogen (secondary N) is 2. The highest BCUT2D eigenvalue weighted by atomic mass is 19.4. The Morgan fingerprint density at radius 1 is 1.25 bits per heavy atom. The highest BCUT2D eigenvalue weighted by molar-refractivity contribution is 5.98. The molecule has 3 amide bonds. The van der Waals surface area contributed by atoms with Crippen molar-refractivity contribution in [2.75, 3.05) is 18.9 Å². The van der Waals surface area contributed by atoms with Crippen molar-refractivity contribution < 1.29 is 32.3 Å². The second-order valence-electron chi connectivity index (χ2n) is 4.68. The predicted molar refractivity (Wildman–Crippen MR) is 78.0 cm³/mol. The van der Waals surface area contributed by atoms with Crippen LogP contribution in [0.4, 0.5) is 23.7 Å². The fourth-order valence-corrected chi connectivity index (χ4v) is 1.58. The summed E-state index contributed by atoms with van der Waals surface area (Å²) in [5.74, 6) is -1.97. The Kier molecular flexibility index (Phi) is 6.57. The van der Waals surface area contributed by atoms with Gasteiger partial charge in [0.25, 0.3) is 5.91 Å². The Morgan fingerprint density at radius 2 is 1.92 bits per heavy atom. The van der Waals surface area contributed by atoms with Gasteiger partial charge in [0, 0.05) is 12.2 Å². The molecular weight excluding hydrogens is 331 g/mol. The van der Waals surface area contributed by atoms with Crippen molar-refractivity contribution >= 4 is 23.6 Å². The van der Waals surface area contributed by atoms with Crippen LogP contribution in [-0.4, -0.2) is 31.1 Å². The number of imide groups is 1. The van der Waals surface area contributed by atoms with Crippen LogP contribution in [0.2, 0.25) is 0 Å². The van der Waals surface area contributed by atoms with Gasteiger partial charge in [-0.2, -0.15) is 13.2 Å². The predicted octanol–water partition coefficient (Wildman–Crippen LogP) is 1.68. The molecule has 10 heteroatoms. The molecule has 0 unspecified atom stereocenters. The lowest BCUT2D eigenvalue weighted by Gasteiger charge is -2.11. The maximum Gasteiger partial charge on any atom is 0.416 e. The minimum atomic E-state index is -4.59. The van der Waals surface area contributed by atoms with Gasteiger partial charge in [-0.1, -0.05) is 6.92 Å². The van der Waals surface area contributed by atoms with Crippen molar-refractivity contribution in [1.29, 1.82) is 0 Å². The summed E-state index contributed by atoms with van der Waals surface area (Å²) in [6, 6.07) is 1.37. The third kappa shape index (κ3) is 5.78. The lowest BCUT2D eigenvalue weighted by molar-refractivity contribution is -0.137. The van der Waals surface area contributed by atoms with Crippen molar-refractivity contribution in [3.05, 3.63) is 29.3 Å². The molecular formula is C14H16F3N3O4. The first-order valence-electron chi connectivity index (χ1n) is 6.86. The standard InChI is InChI=1S/C14H16F3N3O4/c1-2-5-19-13(23)20-11(21)7-24-12(22)9-4-3-8(6-10(9)18)14(15,16)17/h3-4,6H,2,5,7,18H2,1H3,(H2,19,20,21,23). The number of hydrogen-bond acceptors (Lipinski definition) is 5. The number of esters is 1. The van der Waals surface area contributed by atoms with Crippen LogP contribution in [0.5, 0.6) is 0 Å². The molecule has 0 fully saturated rings. The van der Waals surface area contributed by atoms with Crippen LogP contribution in [0.3, 0.4) is 0 Å². The third-order valence-corrected chi connectivity index (χ3v) is 2.72. The van der Waals surface area contributed by atoms with Gasteiger partial charge in [0.1, 0.15) is 0 Å². The number of halogens is 3. The van der Waals surface area contributed by atoms with Crippen molar-refractivity contribution in [3.8, 4) is 0 Å². The molecule has 0 aliphatic rings. The summed E-state index contributed by atoms with van der Waals surface area (Å²) < 4.78 is 42.1. The van der Waals surface area contributed by atoms with E-state index in [4.69, 9.17) is 5.73 Å². The normalized spacial score (nSPS) is 10.8. The molecule has 0 bridgehead atoms. The maximum absolute atomic E-state index is 12.5. The monoisotopic (exact) mass is 347 g/mol. The molecule has 24 heavy (non-hydrogen) atoms. The van der Waals surface area contributed by atoms with E-state index in [9.17, 15) is 27.6 Å². The topological polar surface area (TPSA) is 111 Å². The van der Waals surface area contributed by atoms with Crippen molar-refractivity contribution in [2.24, 2.45) is 0 Å². The summed E-state index contributed by atoms with van der Waals surface area (Å²) in [7, 11) is 0. The number of alkyl halides is 3. The Labute approximate surface area is 135 Å². The molecule has 0 saturated heterocycles. The summed E-state index contributed by atoms with van der Waals surface area (Å²) in [5, 5.41) is 4.29. The van der Waals surface area contributed by atoms with E-state index in [0.717, 1.165) is 6.07 Å². The number of amides is 3. The van der Waals surface area contributed by atoms with E-state index in [-0.39, 0.29) is 5.56 Å². The van der Waals surface area contributed by atoms with E-state index in [1.54, 1.807) is 0 Å². The summed E-state index contributed by atoms with van der Waals surface area (Å²) in [4.78, 5) is 34.3. The maximum atomic E-state index is 12.5. The number of carbonyl (C=O) groups excluding carboxylic acids is 3. The Balaban J connectivity index is 2.60. The highest BCUT2D eigenvalue weighted by Gasteiger charge is 2.31. The number of rotatable bonds is 5. The van der Waals surface area contributed by atoms with E-state index in [2.05, 4.69) is 10.1 Å². The molecule has 1 rings (SSSR count). The van der Waals surface area contributed by atoms with Crippen LogP contribution in [0, 0.1) is 0 Å². The molecule has 0 spiro atoms. The molecule has 0 radical (unpaired) electrons. The van der Waals surface area contributed by atoms with E-state index in [1.165, 1.54) is 0 Å². The van der Waals surface area contributed by atoms with Gasteiger partial charge in [0.2, 0.25) is 0 Å². The van der Waals surface area contributed by atoms with Crippen molar-refractivity contribution in [3.63, 3.8) is 0 Å². The zero-order valence-electron chi connectivity index (χ0n) is 12.7. The number of hydrogen-bond donors (Lipinski definition) is 3. The molecule has 0 heterocycles. The summed E-state index contributed by atoms with van der Waals surface area (Å²) in [6.07, 6.45) is -3.92. The number of carbonyl (C=O) groups is 3. The zero-order valence-corrected chi connectivity index (χ0v) is 12.7. The molecule has 0 aliphatic carbocycles. The fourth-order valence-electron chi connectivity index (χ4n) is 1.58. The van der Waals surface area contributed by atoms with Gasteiger partial charge >= 0.3 is 18.2 Å². The van der Waals surface area contributed by atoms with E-state index < -0.39 is 41.9 Å². The Bertz CT molecular complexity index is 632. The van der Waals surface area contributed by atoms with Gasteiger partial charge < -0.3 is 15.8 Å². The van der Waals surface area contributed by atoms with Crippen LogP contribution in [0.1, 0.15) is 29.3 Å². The average molecular weight is 347 g/mol. The number of benzene rings is 1. The van der Waals surface area contributed by atoms with Crippen LogP contribution >= 0.6 is 0 Å². The number of nitrogen functional groups attached to an aromatic ring is 1. The Hall–Kier alpha value is -2.78. The largest absolute Gasteiger partial charge is 0.452 e. The van der Waals surface area contributed by atoms with E-state index in [0.29, 0.717) is 25.1 Å². The second-order valence-corrected chi connectivity index (χ2v) is 4.68. The molecule has 0 aliphatic heterocycles. The SMILES string of the molecule is CCCNC(=O)NC(=O)COC(=O)c1ccc(C(F)(F)F)cc1N. The minimum absolute atomic E-state index is 0.314. The molecule has 0 atom stereocenters. The number of nitrogens with two attached hydrogens (primary N) is 1. The molecule has 0 saturated carbocycles. The van der Waals surface area contributed by atoms with Crippen molar-refractivity contribution in [2.45, 2.75) is 19.5 Å². The van der Waals surface area contributed by atoms with Crippen LogP contribution < -0.4 is 16.4 Å². The number of urea groups is 1. The molecule has 1 aromatic rings. The molecule has 132 valence electrons. The zero-order chi connectivity index (χ0) is 18.3. The third-order valence-electron chi connectivity index (χ3n) is 2.72. The molecule has 7 nitrogen and oxygen atoms in total. The first kappa shape index (κ1) is 19.3. The first-order valence-corrected chi connectivity index (χ1v) is 6.86. The van der Waals surface area contributed by atoms with E-state index in [1.807, 2.05) is 12.2 Å². The van der Waals surface area contributed by atoms with Crippen LogP contribution in [0.15, 0.2) is 18.2 Å². The highest BCUT2D eigenvalue weighted by Crippen LogP contribution is 2.31. The number of anilines is 1. The molecule has 4 N–H and O–H groups in total. The lowest BCUT2D eigenvalue weighted by Crippen LogP contribution is -2.41. The number of ether oxygens (including phenoxy) is 1. The second kappa shape index (κ2) is 8.18. The minimum Gasteiger partial charge on any atom is -0.452 e. The van der Waals surface area contributed by atoms with Crippen molar-refractivity contribution in [1.82, 2.24) is 10.6 Å². The Morgan fingerprint density at radius 3 is 2.46 bits per heavy atom.